The summed E-state index contributed by atoms with van der Waals surface area (Å²) in [7, 11) is 1.98. The van der Waals surface area contributed by atoms with E-state index in [2.05, 4.69) is 32.3 Å². The molecule has 1 aliphatic heterocycles. The van der Waals surface area contributed by atoms with Crippen LogP contribution in [0.1, 0.15) is 44.3 Å². The van der Waals surface area contributed by atoms with Gasteiger partial charge in [0.15, 0.2) is 11.6 Å². The fourth-order valence-corrected chi connectivity index (χ4v) is 3.17. The number of hydrogen-bond acceptors (Lipinski definition) is 9. The van der Waals surface area contributed by atoms with Gasteiger partial charge in [0, 0.05) is 26.2 Å². The summed E-state index contributed by atoms with van der Waals surface area (Å²) in [6.45, 7) is 3.98. The average Bonchev–Trinajstić information content (AvgIpc) is 3.25. The van der Waals surface area contributed by atoms with Crippen molar-refractivity contribution in [2.45, 2.75) is 38.6 Å². The summed E-state index contributed by atoms with van der Waals surface area (Å²) >= 11 is 0. The molecule has 1 atom stereocenters. The van der Waals surface area contributed by atoms with Gasteiger partial charge in [-0.3, -0.25) is 0 Å². The van der Waals surface area contributed by atoms with Crippen molar-refractivity contribution in [3.8, 4) is 0 Å². The van der Waals surface area contributed by atoms with E-state index in [1.54, 1.807) is 6.26 Å². The van der Waals surface area contributed by atoms with Gasteiger partial charge in [0.1, 0.15) is 12.0 Å². The molecule has 0 aliphatic carbocycles. The van der Waals surface area contributed by atoms with Crippen LogP contribution in [-0.2, 0) is 0 Å². The lowest BCUT2D eigenvalue weighted by Gasteiger charge is -2.30. The van der Waals surface area contributed by atoms with Crippen LogP contribution in [0, 0.1) is 0 Å². The summed E-state index contributed by atoms with van der Waals surface area (Å²) in [5, 5.41) is 11.8. The van der Waals surface area contributed by atoms with Gasteiger partial charge >= 0.3 is 0 Å². The Bertz CT molecular complexity index is 824. The topological polar surface area (TPSA) is 97.2 Å². The molecular weight excluding hydrogens is 322 g/mol. The Morgan fingerprint density at radius 1 is 1.04 bits per heavy atom. The molecule has 132 valence electrons. The van der Waals surface area contributed by atoms with Crippen molar-refractivity contribution in [2.24, 2.45) is 0 Å². The molecule has 0 bridgehead atoms. The first-order valence-corrected chi connectivity index (χ1v) is 8.62. The van der Waals surface area contributed by atoms with Crippen LogP contribution in [0.15, 0.2) is 21.5 Å². The second kappa shape index (κ2) is 6.66. The molecule has 4 heterocycles. The Morgan fingerprint density at radius 3 is 2.44 bits per heavy atom. The maximum Gasteiger partial charge on any atom is 0.245 e. The van der Waals surface area contributed by atoms with E-state index in [1.807, 2.05) is 18.0 Å². The first-order chi connectivity index (χ1) is 12.2. The molecule has 1 unspecified atom stereocenters. The molecule has 4 rings (SSSR count). The summed E-state index contributed by atoms with van der Waals surface area (Å²) in [5.74, 6) is 1.57. The molecule has 0 amide bonds. The van der Waals surface area contributed by atoms with Crippen molar-refractivity contribution in [1.29, 1.82) is 0 Å². The van der Waals surface area contributed by atoms with Crippen LogP contribution in [0.3, 0.4) is 0 Å². The zero-order valence-corrected chi connectivity index (χ0v) is 14.4. The molecule has 3 aromatic heterocycles. The third-order valence-corrected chi connectivity index (χ3v) is 4.78. The summed E-state index contributed by atoms with van der Waals surface area (Å²) in [5.41, 5.74) is 1.68. The molecule has 9 heteroatoms. The zero-order valence-electron chi connectivity index (χ0n) is 14.4. The number of nitrogens with zero attached hydrogens (tertiary/aromatic N) is 7. The van der Waals surface area contributed by atoms with Crippen molar-refractivity contribution in [3.05, 3.63) is 18.0 Å². The second-order valence-electron chi connectivity index (χ2n) is 6.39. The molecule has 0 aromatic carbocycles. The lowest BCUT2D eigenvalue weighted by Crippen LogP contribution is -2.30. The molecule has 1 saturated heterocycles. The largest absolute Gasteiger partial charge is 0.364 e. The summed E-state index contributed by atoms with van der Waals surface area (Å²) in [4.78, 5) is 13.7. The monoisotopic (exact) mass is 343 g/mol. The highest BCUT2D eigenvalue weighted by Gasteiger charge is 2.25. The van der Waals surface area contributed by atoms with Crippen molar-refractivity contribution in [2.75, 3.05) is 29.9 Å². The lowest BCUT2D eigenvalue weighted by molar-refractivity contribution is 0.314. The van der Waals surface area contributed by atoms with Crippen molar-refractivity contribution in [3.63, 3.8) is 0 Å². The van der Waals surface area contributed by atoms with Gasteiger partial charge in [-0.25, -0.2) is 14.6 Å². The van der Waals surface area contributed by atoms with Crippen LogP contribution in [0.4, 0.5) is 11.6 Å². The number of hydrogen-bond donors (Lipinski definition) is 0. The summed E-state index contributed by atoms with van der Waals surface area (Å²) in [6.07, 6.45) is 6.37. The van der Waals surface area contributed by atoms with Gasteiger partial charge in [0.25, 0.3) is 0 Å². The molecule has 0 N–H and O–H groups in total. The first kappa shape index (κ1) is 15.8. The van der Waals surface area contributed by atoms with Gasteiger partial charge in [0.2, 0.25) is 11.3 Å². The van der Waals surface area contributed by atoms with Gasteiger partial charge in [0.05, 0.1) is 6.04 Å². The van der Waals surface area contributed by atoms with Gasteiger partial charge in [-0.1, -0.05) is 18.0 Å². The van der Waals surface area contributed by atoms with E-state index in [4.69, 9.17) is 14.1 Å². The number of fused-ring (bicyclic) bond motifs is 1. The highest BCUT2D eigenvalue weighted by atomic mass is 16.6. The number of aromatic nitrogens is 5. The molecule has 0 radical (unpaired) electrons. The van der Waals surface area contributed by atoms with Gasteiger partial charge < -0.3 is 14.3 Å². The fraction of sp³-hybridized carbons (Fsp3) is 0.562. The lowest BCUT2D eigenvalue weighted by atomic mass is 10.2. The van der Waals surface area contributed by atoms with Crippen LogP contribution < -0.4 is 9.80 Å². The van der Waals surface area contributed by atoms with E-state index in [0.717, 1.165) is 43.3 Å². The molecule has 1 aliphatic rings. The third-order valence-electron chi connectivity index (χ3n) is 4.78. The molecule has 25 heavy (non-hydrogen) atoms. The van der Waals surface area contributed by atoms with Crippen molar-refractivity contribution in [1.82, 2.24) is 25.4 Å². The molecule has 0 saturated carbocycles. The first-order valence-electron chi connectivity index (χ1n) is 8.62. The second-order valence-corrected chi connectivity index (χ2v) is 6.39. The van der Waals surface area contributed by atoms with Gasteiger partial charge in [-0.2, -0.15) is 0 Å². The zero-order chi connectivity index (χ0) is 17.2. The normalized spacial score (nSPS) is 16.8. The minimum atomic E-state index is -0.0175. The quantitative estimate of drug-likeness (QED) is 0.708. The standard InChI is InChI=1S/C16H21N7O2/c1-11(12-7-10-24-19-12)22(2)15-16(23-8-5-3-4-6-9-23)18-14-13(17-15)20-25-21-14/h7,10-11H,3-6,8-9H2,1-2H3. The number of rotatable bonds is 4. The smallest absolute Gasteiger partial charge is 0.245 e. The Hall–Kier alpha value is -2.71. The Morgan fingerprint density at radius 2 is 1.76 bits per heavy atom. The van der Waals surface area contributed by atoms with E-state index < -0.39 is 0 Å². The maximum absolute atomic E-state index is 4.98. The van der Waals surface area contributed by atoms with Crippen molar-refractivity contribution >= 4 is 22.9 Å². The minimum absolute atomic E-state index is 0.0175. The predicted octanol–water partition coefficient (Wildman–Crippen LogP) is 2.58. The predicted molar refractivity (Wildman–Crippen MR) is 91.4 cm³/mol. The summed E-state index contributed by atoms with van der Waals surface area (Å²) < 4.78 is 9.79. The highest BCUT2D eigenvalue weighted by Crippen LogP contribution is 2.32. The molecule has 0 spiro atoms. The third kappa shape index (κ3) is 3.01. The number of anilines is 2. The molecule has 9 nitrogen and oxygen atoms in total. The van der Waals surface area contributed by atoms with Gasteiger partial charge in [-0.15, -0.1) is 0 Å². The SMILES string of the molecule is CC(c1ccon1)N(C)c1nc2nonc2nc1N1CCCCCC1. The van der Waals surface area contributed by atoms with E-state index in [-0.39, 0.29) is 6.04 Å². The molecule has 1 fully saturated rings. The van der Waals surface area contributed by atoms with Crippen LogP contribution in [0.5, 0.6) is 0 Å². The highest BCUT2D eigenvalue weighted by molar-refractivity contribution is 5.74. The van der Waals surface area contributed by atoms with Crippen LogP contribution in [0.25, 0.3) is 11.3 Å². The Kier molecular flexibility index (Phi) is 4.21. The Labute approximate surface area is 145 Å². The van der Waals surface area contributed by atoms with E-state index >= 15 is 0 Å². The molecular formula is C16H21N7O2. The minimum Gasteiger partial charge on any atom is -0.364 e. The average molecular weight is 343 g/mol. The van der Waals surface area contributed by atoms with Crippen LogP contribution in [0.2, 0.25) is 0 Å². The molecule has 3 aromatic rings. The Balaban J connectivity index is 1.76. The van der Waals surface area contributed by atoms with E-state index in [0.29, 0.717) is 11.3 Å². The van der Waals surface area contributed by atoms with Gasteiger partial charge in [-0.05, 0) is 30.1 Å². The maximum atomic E-state index is 4.98. The van der Waals surface area contributed by atoms with E-state index in [9.17, 15) is 0 Å². The van der Waals surface area contributed by atoms with E-state index in [1.165, 1.54) is 12.8 Å². The summed E-state index contributed by atoms with van der Waals surface area (Å²) in [6, 6.07) is 1.84. The van der Waals surface area contributed by atoms with Crippen LogP contribution in [-0.4, -0.2) is 45.6 Å². The van der Waals surface area contributed by atoms with Crippen molar-refractivity contribution < 1.29 is 9.15 Å². The van der Waals surface area contributed by atoms with Crippen LogP contribution >= 0.6 is 0 Å². The fourth-order valence-electron chi connectivity index (χ4n) is 3.17.